The normalized spacial score (nSPS) is 16.7. The minimum Gasteiger partial charge on any atom is -0.208 e. The Labute approximate surface area is 95.9 Å². The molecule has 82 valence electrons. The summed E-state index contributed by atoms with van der Waals surface area (Å²) in [6.07, 6.45) is 1.75. The van der Waals surface area contributed by atoms with E-state index in [2.05, 4.69) is 20.7 Å². The summed E-state index contributed by atoms with van der Waals surface area (Å²) in [4.78, 5) is 0.0858. The van der Waals surface area contributed by atoms with Crippen molar-refractivity contribution in [2.24, 2.45) is 0 Å². The topological polar surface area (TPSA) is 46.2 Å². The predicted octanol–water partition coefficient (Wildman–Crippen LogP) is 2.03. The molecular weight excluding hydrogens is 285 g/mol. The van der Waals surface area contributed by atoms with Gasteiger partial charge in [-0.1, -0.05) is 0 Å². The van der Waals surface area contributed by atoms with Crippen molar-refractivity contribution in [3.63, 3.8) is 0 Å². The molecule has 6 heteroatoms. The van der Waals surface area contributed by atoms with Gasteiger partial charge >= 0.3 is 0 Å². The number of hydrogen-bond acceptors (Lipinski definition) is 2. The van der Waals surface area contributed by atoms with Crippen LogP contribution in [0.1, 0.15) is 12.8 Å². The third-order valence-corrected chi connectivity index (χ3v) is 4.23. The lowest BCUT2D eigenvalue weighted by Gasteiger charge is -2.05. The largest absolute Gasteiger partial charge is 0.240 e. The lowest BCUT2D eigenvalue weighted by Crippen LogP contribution is -2.25. The average Bonchev–Trinajstić information content (AvgIpc) is 2.92. The Kier molecular flexibility index (Phi) is 2.83. The van der Waals surface area contributed by atoms with Crippen molar-refractivity contribution in [3.8, 4) is 0 Å². The molecule has 1 saturated carbocycles. The number of rotatable bonds is 3. The van der Waals surface area contributed by atoms with Gasteiger partial charge in [0.25, 0.3) is 0 Å². The highest BCUT2D eigenvalue weighted by atomic mass is 79.9. The predicted molar refractivity (Wildman–Crippen MR) is 57.4 cm³/mol. The molecule has 0 aromatic heterocycles. The molecule has 1 aliphatic carbocycles. The Morgan fingerprint density at radius 1 is 1.40 bits per heavy atom. The zero-order valence-electron chi connectivity index (χ0n) is 7.70. The maximum absolute atomic E-state index is 12.9. The molecule has 1 N–H and O–H groups in total. The fourth-order valence-electron chi connectivity index (χ4n) is 1.13. The molecule has 0 unspecified atom stereocenters. The number of sulfonamides is 1. The van der Waals surface area contributed by atoms with Crippen molar-refractivity contribution >= 4 is 26.0 Å². The monoisotopic (exact) mass is 293 g/mol. The van der Waals surface area contributed by atoms with Crippen molar-refractivity contribution in [1.29, 1.82) is 0 Å². The molecule has 1 aliphatic rings. The van der Waals surface area contributed by atoms with Crippen LogP contribution in [0.15, 0.2) is 27.6 Å². The van der Waals surface area contributed by atoms with E-state index in [4.69, 9.17) is 0 Å². The van der Waals surface area contributed by atoms with E-state index in [1.807, 2.05) is 0 Å². The van der Waals surface area contributed by atoms with Gasteiger partial charge in [0.05, 0.1) is 9.37 Å². The first-order valence-corrected chi connectivity index (χ1v) is 6.74. The van der Waals surface area contributed by atoms with E-state index in [0.29, 0.717) is 0 Å². The van der Waals surface area contributed by atoms with Crippen LogP contribution >= 0.6 is 15.9 Å². The zero-order chi connectivity index (χ0) is 11.1. The van der Waals surface area contributed by atoms with Crippen LogP contribution in [0.5, 0.6) is 0 Å². The summed E-state index contributed by atoms with van der Waals surface area (Å²) >= 11 is 2.95. The molecule has 1 aromatic carbocycles. The van der Waals surface area contributed by atoms with Gasteiger partial charge in [0, 0.05) is 6.04 Å². The number of benzene rings is 1. The number of halogens is 2. The zero-order valence-corrected chi connectivity index (χ0v) is 10.1. The summed E-state index contributed by atoms with van der Waals surface area (Å²) in [5.74, 6) is -0.472. The summed E-state index contributed by atoms with van der Waals surface area (Å²) in [5.41, 5.74) is 0. The summed E-state index contributed by atoms with van der Waals surface area (Å²) in [6.45, 7) is 0. The van der Waals surface area contributed by atoms with Crippen LogP contribution < -0.4 is 4.72 Å². The van der Waals surface area contributed by atoms with E-state index in [9.17, 15) is 12.8 Å². The molecule has 0 heterocycles. The summed E-state index contributed by atoms with van der Waals surface area (Å²) < 4.78 is 39.0. The highest BCUT2D eigenvalue weighted by Gasteiger charge is 2.28. The molecule has 0 amide bonds. The molecule has 0 saturated heterocycles. The first-order chi connectivity index (χ1) is 6.99. The van der Waals surface area contributed by atoms with Crippen LogP contribution in [0.25, 0.3) is 0 Å². The van der Waals surface area contributed by atoms with Crippen LogP contribution in [0, 0.1) is 5.82 Å². The lowest BCUT2D eigenvalue weighted by atomic mass is 10.3. The number of nitrogens with one attached hydrogen (secondary N) is 1. The standard InChI is InChI=1S/C9H9BrFNO2S/c10-8-5-7(3-4-9(8)11)15(13,14)12-6-1-2-6/h3-6,12H,1-2H2. The summed E-state index contributed by atoms with van der Waals surface area (Å²) in [7, 11) is -3.48. The molecule has 0 aliphatic heterocycles. The van der Waals surface area contributed by atoms with Gasteiger partial charge < -0.3 is 0 Å². The van der Waals surface area contributed by atoms with Gasteiger partial charge in [-0.25, -0.2) is 17.5 Å². The molecule has 15 heavy (non-hydrogen) atoms. The molecule has 0 spiro atoms. The van der Waals surface area contributed by atoms with Gasteiger partial charge in [-0.2, -0.15) is 0 Å². The van der Waals surface area contributed by atoms with Crippen molar-refractivity contribution in [2.45, 2.75) is 23.8 Å². The summed E-state index contributed by atoms with van der Waals surface area (Å²) in [5, 5.41) is 0. The highest BCUT2D eigenvalue weighted by Crippen LogP contribution is 2.24. The fraction of sp³-hybridized carbons (Fsp3) is 0.333. The Balaban J connectivity index is 2.31. The van der Waals surface area contributed by atoms with Gasteiger partial charge in [0.2, 0.25) is 10.0 Å². The molecule has 0 radical (unpaired) electrons. The first kappa shape index (κ1) is 11.0. The van der Waals surface area contributed by atoms with Crippen LogP contribution in [-0.4, -0.2) is 14.5 Å². The van der Waals surface area contributed by atoms with Gasteiger partial charge in [0.15, 0.2) is 0 Å². The molecule has 0 atom stereocenters. The molecule has 2 rings (SSSR count). The molecule has 1 aromatic rings. The van der Waals surface area contributed by atoms with E-state index in [1.165, 1.54) is 12.1 Å². The minimum atomic E-state index is -3.48. The Morgan fingerprint density at radius 2 is 2.07 bits per heavy atom. The van der Waals surface area contributed by atoms with Crippen molar-refractivity contribution in [3.05, 3.63) is 28.5 Å². The van der Waals surface area contributed by atoms with E-state index in [0.717, 1.165) is 18.9 Å². The third-order valence-electron chi connectivity index (χ3n) is 2.10. The highest BCUT2D eigenvalue weighted by molar-refractivity contribution is 9.10. The fourth-order valence-corrected chi connectivity index (χ4v) is 2.99. The van der Waals surface area contributed by atoms with Crippen molar-refractivity contribution in [1.82, 2.24) is 4.72 Å². The van der Waals surface area contributed by atoms with Crippen molar-refractivity contribution in [2.75, 3.05) is 0 Å². The lowest BCUT2D eigenvalue weighted by molar-refractivity contribution is 0.579. The van der Waals surface area contributed by atoms with Gasteiger partial charge in [0.1, 0.15) is 5.82 Å². The minimum absolute atomic E-state index is 0.0545. The second kappa shape index (κ2) is 3.84. The first-order valence-electron chi connectivity index (χ1n) is 4.46. The summed E-state index contributed by atoms with van der Waals surface area (Å²) in [6, 6.07) is 3.70. The Bertz CT molecular complexity index is 485. The van der Waals surface area contributed by atoms with Gasteiger partial charge in [-0.15, -0.1) is 0 Å². The van der Waals surface area contributed by atoms with E-state index in [-0.39, 0.29) is 15.4 Å². The van der Waals surface area contributed by atoms with Crippen LogP contribution in [0.2, 0.25) is 0 Å². The smallest absolute Gasteiger partial charge is 0.208 e. The van der Waals surface area contributed by atoms with Gasteiger partial charge in [-0.3, -0.25) is 0 Å². The SMILES string of the molecule is O=S(=O)(NC1CC1)c1ccc(F)c(Br)c1. The maximum Gasteiger partial charge on any atom is 0.240 e. The Morgan fingerprint density at radius 3 is 2.60 bits per heavy atom. The van der Waals surface area contributed by atoms with Crippen LogP contribution in [0.3, 0.4) is 0 Å². The molecule has 3 nitrogen and oxygen atoms in total. The van der Waals surface area contributed by atoms with Crippen molar-refractivity contribution < 1.29 is 12.8 Å². The second-order valence-electron chi connectivity index (χ2n) is 3.47. The molecule has 1 fully saturated rings. The Hall–Kier alpha value is -0.460. The second-order valence-corrected chi connectivity index (χ2v) is 6.04. The van der Waals surface area contributed by atoms with Gasteiger partial charge in [-0.05, 0) is 47.0 Å². The van der Waals surface area contributed by atoms with E-state index in [1.54, 1.807) is 0 Å². The van der Waals surface area contributed by atoms with Crippen LogP contribution in [0.4, 0.5) is 4.39 Å². The van der Waals surface area contributed by atoms with E-state index < -0.39 is 15.8 Å². The maximum atomic E-state index is 12.9. The average molecular weight is 294 g/mol. The number of hydrogen-bond donors (Lipinski definition) is 1. The molecular formula is C9H9BrFNO2S. The van der Waals surface area contributed by atoms with Crippen LogP contribution in [-0.2, 0) is 10.0 Å². The molecule has 0 bridgehead atoms. The third kappa shape index (κ3) is 2.56. The quantitative estimate of drug-likeness (QED) is 0.927. The van der Waals surface area contributed by atoms with E-state index >= 15 is 0 Å².